The van der Waals surface area contributed by atoms with Crippen molar-refractivity contribution in [3.05, 3.63) is 35.5 Å². The number of aromatic nitrogens is 3. The van der Waals surface area contributed by atoms with Crippen LogP contribution in [0.25, 0.3) is 0 Å². The van der Waals surface area contributed by atoms with Crippen molar-refractivity contribution in [2.45, 2.75) is 19.9 Å². The quantitative estimate of drug-likeness (QED) is 0.813. The van der Waals surface area contributed by atoms with Crippen LogP contribution in [0.3, 0.4) is 0 Å². The molecule has 2 heterocycles. The van der Waals surface area contributed by atoms with Gasteiger partial charge < -0.3 is 9.84 Å². The summed E-state index contributed by atoms with van der Waals surface area (Å²) in [7, 11) is 0. The molecule has 0 aliphatic carbocycles. The minimum atomic E-state index is -0.283. The molecule has 2 aromatic heterocycles. The van der Waals surface area contributed by atoms with Gasteiger partial charge in [-0.25, -0.2) is 0 Å². The average molecular weight is 220 g/mol. The Morgan fingerprint density at radius 3 is 3.00 bits per heavy atom. The molecule has 0 radical (unpaired) electrons. The number of aromatic amines is 1. The maximum atomic E-state index is 11.7. The topological polar surface area (TPSA) is 83.8 Å². The van der Waals surface area contributed by atoms with Gasteiger partial charge >= 0.3 is 0 Å². The van der Waals surface area contributed by atoms with Crippen molar-refractivity contribution >= 4 is 5.91 Å². The van der Waals surface area contributed by atoms with E-state index >= 15 is 0 Å². The molecule has 0 aliphatic heterocycles. The molecule has 0 aromatic carbocycles. The van der Waals surface area contributed by atoms with Gasteiger partial charge in [-0.3, -0.25) is 9.89 Å². The summed E-state index contributed by atoms with van der Waals surface area (Å²) < 4.78 is 4.86. The molecule has 1 amide bonds. The highest BCUT2D eigenvalue weighted by Gasteiger charge is 2.15. The Hall–Kier alpha value is -2.11. The third-order valence-corrected chi connectivity index (χ3v) is 2.22. The van der Waals surface area contributed by atoms with E-state index in [1.807, 2.05) is 6.92 Å². The number of H-pyrrole nitrogens is 1. The Bertz CT molecular complexity index is 475. The predicted octanol–water partition coefficient (Wildman–Crippen LogP) is 1.20. The molecule has 1 unspecified atom stereocenters. The minimum absolute atomic E-state index is 0.128. The fourth-order valence-corrected chi connectivity index (χ4v) is 1.32. The number of hydrogen-bond acceptors (Lipinski definition) is 4. The molecule has 0 fully saturated rings. The molecule has 0 spiro atoms. The van der Waals surface area contributed by atoms with Crippen molar-refractivity contribution in [2.24, 2.45) is 0 Å². The lowest BCUT2D eigenvalue weighted by Gasteiger charge is -2.09. The van der Waals surface area contributed by atoms with Gasteiger partial charge in [-0.2, -0.15) is 5.10 Å². The van der Waals surface area contributed by atoms with Crippen molar-refractivity contribution in [2.75, 3.05) is 0 Å². The second kappa shape index (κ2) is 4.18. The highest BCUT2D eigenvalue weighted by Crippen LogP contribution is 2.11. The fraction of sp³-hybridized carbons (Fsp3) is 0.300. The maximum Gasteiger partial charge on any atom is 0.290 e. The van der Waals surface area contributed by atoms with Gasteiger partial charge in [0, 0.05) is 17.8 Å². The van der Waals surface area contributed by atoms with Crippen LogP contribution in [0.4, 0.5) is 0 Å². The van der Waals surface area contributed by atoms with Crippen LogP contribution in [-0.4, -0.2) is 21.3 Å². The molecule has 1 atom stereocenters. The summed E-state index contributed by atoms with van der Waals surface area (Å²) in [6, 6.07) is 1.47. The molecule has 84 valence electrons. The standard InChI is InChI=1S/C10H12N4O2/c1-6-3-9(16-14-6)10(15)13-7(2)8-4-11-12-5-8/h3-5,7H,1-2H3,(H,11,12)(H,13,15). The van der Waals surface area contributed by atoms with Crippen LogP contribution in [-0.2, 0) is 0 Å². The largest absolute Gasteiger partial charge is 0.351 e. The number of nitrogens with zero attached hydrogens (tertiary/aromatic N) is 2. The molecule has 2 N–H and O–H groups in total. The van der Waals surface area contributed by atoms with E-state index in [4.69, 9.17) is 4.52 Å². The summed E-state index contributed by atoms with van der Waals surface area (Å²) in [5.74, 6) is -0.0675. The molecule has 0 bridgehead atoms. The summed E-state index contributed by atoms with van der Waals surface area (Å²) in [6.07, 6.45) is 3.40. The lowest BCUT2D eigenvalue weighted by Crippen LogP contribution is -2.25. The molecular weight excluding hydrogens is 208 g/mol. The van der Waals surface area contributed by atoms with Crippen LogP contribution in [0.5, 0.6) is 0 Å². The molecule has 16 heavy (non-hydrogen) atoms. The van der Waals surface area contributed by atoms with Gasteiger partial charge in [0.15, 0.2) is 0 Å². The molecule has 0 saturated carbocycles. The van der Waals surface area contributed by atoms with E-state index in [9.17, 15) is 4.79 Å². The third-order valence-electron chi connectivity index (χ3n) is 2.22. The van der Waals surface area contributed by atoms with Gasteiger partial charge in [0.25, 0.3) is 5.91 Å². The molecule has 0 aliphatic rings. The fourth-order valence-electron chi connectivity index (χ4n) is 1.32. The van der Waals surface area contributed by atoms with Gasteiger partial charge in [0.1, 0.15) is 0 Å². The SMILES string of the molecule is Cc1cc(C(=O)NC(C)c2cn[nH]c2)on1. The molecule has 2 aromatic rings. The first-order valence-electron chi connectivity index (χ1n) is 4.89. The van der Waals surface area contributed by atoms with Crippen molar-refractivity contribution in [3.63, 3.8) is 0 Å². The lowest BCUT2D eigenvalue weighted by atomic mass is 10.2. The van der Waals surface area contributed by atoms with E-state index in [0.717, 1.165) is 5.56 Å². The Kier molecular flexibility index (Phi) is 2.72. The molecule has 2 rings (SSSR count). The number of carbonyl (C=O) groups is 1. The van der Waals surface area contributed by atoms with E-state index in [2.05, 4.69) is 20.7 Å². The summed E-state index contributed by atoms with van der Waals surface area (Å²) in [5.41, 5.74) is 1.59. The van der Waals surface area contributed by atoms with Crippen LogP contribution in [0.15, 0.2) is 23.0 Å². The number of aryl methyl sites for hydroxylation is 1. The van der Waals surface area contributed by atoms with E-state index < -0.39 is 0 Å². The number of carbonyl (C=O) groups excluding carboxylic acids is 1. The van der Waals surface area contributed by atoms with Crippen LogP contribution in [0, 0.1) is 6.92 Å². The molecule has 6 nitrogen and oxygen atoms in total. The first-order valence-corrected chi connectivity index (χ1v) is 4.89. The molecule has 6 heteroatoms. The van der Waals surface area contributed by atoms with Gasteiger partial charge in [-0.05, 0) is 13.8 Å². The van der Waals surface area contributed by atoms with Crippen LogP contribution < -0.4 is 5.32 Å². The number of rotatable bonds is 3. The highest BCUT2D eigenvalue weighted by molar-refractivity contribution is 5.91. The smallest absolute Gasteiger partial charge is 0.290 e. The molecular formula is C10H12N4O2. The van der Waals surface area contributed by atoms with Gasteiger partial charge in [0.05, 0.1) is 17.9 Å². The summed E-state index contributed by atoms with van der Waals surface area (Å²) in [5, 5.41) is 12.9. The zero-order valence-corrected chi connectivity index (χ0v) is 9.02. The first kappa shape index (κ1) is 10.4. The van der Waals surface area contributed by atoms with Crippen molar-refractivity contribution in [1.82, 2.24) is 20.7 Å². The van der Waals surface area contributed by atoms with Crippen LogP contribution in [0.1, 0.15) is 34.8 Å². The second-order valence-corrected chi connectivity index (χ2v) is 3.56. The molecule has 0 saturated heterocycles. The predicted molar refractivity (Wildman–Crippen MR) is 55.7 cm³/mol. The minimum Gasteiger partial charge on any atom is -0.351 e. The summed E-state index contributed by atoms with van der Waals surface area (Å²) in [6.45, 7) is 3.63. The Labute approximate surface area is 92.0 Å². The monoisotopic (exact) mass is 220 g/mol. The zero-order valence-electron chi connectivity index (χ0n) is 9.02. The van der Waals surface area contributed by atoms with Gasteiger partial charge in [-0.15, -0.1) is 0 Å². The lowest BCUT2D eigenvalue weighted by molar-refractivity contribution is 0.0902. The van der Waals surface area contributed by atoms with E-state index in [0.29, 0.717) is 5.69 Å². The van der Waals surface area contributed by atoms with Crippen molar-refractivity contribution in [3.8, 4) is 0 Å². The Morgan fingerprint density at radius 1 is 1.62 bits per heavy atom. The van der Waals surface area contributed by atoms with Crippen LogP contribution in [0.2, 0.25) is 0 Å². The maximum absolute atomic E-state index is 11.7. The van der Waals surface area contributed by atoms with Crippen molar-refractivity contribution in [1.29, 1.82) is 0 Å². The van der Waals surface area contributed by atoms with E-state index in [1.54, 1.807) is 25.4 Å². The summed E-state index contributed by atoms with van der Waals surface area (Å²) >= 11 is 0. The van der Waals surface area contributed by atoms with E-state index in [1.165, 1.54) is 0 Å². The third kappa shape index (κ3) is 2.10. The van der Waals surface area contributed by atoms with Crippen LogP contribution >= 0.6 is 0 Å². The van der Waals surface area contributed by atoms with Gasteiger partial charge in [-0.1, -0.05) is 5.16 Å². The first-order chi connectivity index (χ1) is 7.66. The number of amides is 1. The highest BCUT2D eigenvalue weighted by atomic mass is 16.5. The average Bonchev–Trinajstić information content (AvgIpc) is 2.87. The number of nitrogens with one attached hydrogen (secondary N) is 2. The normalized spacial score (nSPS) is 12.4. The zero-order chi connectivity index (χ0) is 11.5. The van der Waals surface area contributed by atoms with E-state index in [-0.39, 0.29) is 17.7 Å². The number of hydrogen-bond donors (Lipinski definition) is 2. The summed E-state index contributed by atoms with van der Waals surface area (Å²) in [4.78, 5) is 11.7. The Morgan fingerprint density at radius 2 is 2.44 bits per heavy atom. The van der Waals surface area contributed by atoms with Gasteiger partial charge in [0.2, 0.25) is 5.76 Å². The second-order valence-electron chi connectivity index (χ2n) is 3.56. The Balaban J connectivity index is 2.03. The van der Waals surface area contributed by atoms with Crippen molar-refractivity contribution < 1.29 is 9.32 Å².